The molecule has 0 amide bonds. The molecule has 0 aliphatic rings. The zero-order valence-electron chi connectivity index (χ0n) is 10.0. The average molecular weight is 230 g/mol. The van der Waals surface area contributed by atoms with Gasteiger partial charge in [0, 0.05) is 13.2 Å². The minimum Gasteiger partial charge on any atom is -0.381 e. The lowest BCUT2D eigenvalue weighted by atomic mass is 10.1. The molecule has 0 aliphatic heterocycles. The van der Waals surface area contributed by atoms with E-state index in [2.05, 4.69) is 15.8 Å². The monoisotopic (exact) mass is 230 g/mol. The van der Waals surface area contributed by atoms with Crippen LogP contribution in [0.25, 0.3) is 0 Å². The average Bonchev–Trinajstić information content (AvgIpc) is 2.26. The van der Waals surface area contributed by atoms with Crippen molar-refractivity contribution < 1.29 is 4.74 Å². The summed E-state index contributed by atoms with van der Waals surface area (Å²) in [5, 5.41) is 0. The van der Waals surface area contributed by atoms with E-state index < -0.39 is 0 Å². The summed E-state index contributed by atoms with van der Waals surface area (Å²) in [6.45, 7) is 5.63. The summed E-state index contributed by atoms with van der Waals surface area (Å²) >= 11 is 0. The Kier molecular flexibility index (Phi) is 14.3. The van der Waals surface area contributed by atoms with E-state index in [1.807, 2.05) is 6.08 Å². The molecule has 1 unspecified atom stereocenters. The van der Waals surface area contributed by atoms with Gasteiger partial charge in [-0.25, -0.2) is 0 Å². The smallest absolute Gasteiger partial charge is 0.0466 e. The molecule has 0 heterocycles. The van der Waals surface area contributed by atoms with Gasteiger partial charge >= 0.3 is 0 Å². The van der Waals surface area contributed by atoms with Gasteiger partial charge in [-0.1, -0.05) is 25.3 Å². The van der Waals surface area contributed by atoms with Crippen molar-refractivity contribution in [3.05, 3.63) is 12.7 Å². The van der Waals surface area contributed by atoms with Gasteiger partial charge in [0.2, 0.25) is 0 Å². The Morgan fingerprint density at radius 1 is 0.867 bits per heavy atom. The van der Waals surface area contributed by atoms with Crippen molar-refractivity contribution in [1.82, 2.24) is 0 Å². The largest absolute Gasteiger partial charge is 0.381 e. The zero-order chi connectivity index (χ0) is 11.2. The van der Waals surface area contributed by atoms with Crippen LogP contribution in [-0.2, 0) is 4.74 Å². The molecule has 0 radical (unpaired) electrons. The highest BCUT2D eigenvalue weighted by Gasteiger charge is 1.91. The molecule has 0 saturated heterocycles. The standard InChI is InChI=1S/C13H27OP/c1-2-3-4-5-6-8-11-14-12-9-7-10-13-15/h2H,1,3-13,15H2. The number of ether oxygens (including phenoxy) is 1. The van der Waals surface area contributed by atoms with E-state index >= 15 is 0 Å². The van der Waals surface area contributed by atoms with Gasteiger partial charge in [-0.2, -0.15) is 0 Å². The summed E-state index contributed by atoms with van der Waals surface area (Å²) in [6.07, 6.45) is 13.4. The summed E-state index contributed by atoms with van der Waals surface area (Å²) in [4.78, 5) is 0. The molecule has 2 heteroatoms. The maximum Gasteiger partial charge on any atom is 0.0466 e. The molecule has 15 heavy (non-hydrogen) atoms. The van der Waals surface area contributed by atoms with Crippen LogP contribution in [0.15, 0.2) is 12.7 Å². The van der Waals surface area contributed by atoms with Crippen LogP contribution in [0.3, 0.4) is 0 Å². The number of hydrogen-bond donors (Lipinski definition) is 0. The Labute approximate surface area is 97.9 Å². The molecule has 0 aromatic rings. The van der Waals surface area contributed by atoms with E-state index in [4.69, 9.17) is 4.74 Å². The maximum absolute atomic E-state index is 5.56. The van der Waals surface area contributed by atoms with Gasteiger partial charge < -0.3 is 4.74 Å². The normalized spacial score (nSPS) is 10.5. The van der Waals surface area contributed by atoms with Gasteiger partial charge in [0.1, 0.15) is 0 Å². The van der Waals surface area contributed by atoms with Crippen molar-refractivity contribution in [2.75, 3.05) is 19.4 Å². The van der Waals surface area contributed by atoms with Crippen molar-refractivity contribution in [3.63, 3.8) is 0 Å². The van der Waals surface area contributed by atoms with Crippen molar-refractivity contribution in [2.45, 2.75) is 51.4 Å². The van der Waals surface area contributed by atoms with Crippen LogP contribution in [0.2, 0.25) is 0 Å². The molecule has 0 fully saturated rings. The molecule has 0 spiro atoms. The molecule has 1 atom stereocenters. The number of unbranched alkanes of at least 4 members (excludes halogenated alkanes) is 6. The Balaban J connectivity index is 2.83. The first-order chi connectivity index (χ1) is 7.41. The highest BCUT2D eigenvalue weighted by atomic mass is 31.0. The van der Waals surface area contributed by atoms with Crippen LogP contribution in [0.1, 0.15) is 51.4 Å². The summed E-state index contributed by atoms with van der Waals surface area (Å²) in [6, 6.07) is 0. The molecule has 0 rings (SSSR count). The van der Waals surface area contributed by atoms with Gasteiger partial charge in [0.15, 0.2) is 0 Å². The topological polar surface area (TPSA) is 9.23 Å². The minimum atomic E-state index is 0.953. The maximum atomic E-state index is 5.56. The van der Waals surface area contributed by atoms with E-state index in [9.17, 15) is 0 Å². The first-order valence-corrected chi connectivity index (χ1v) is 7.12. The van der Waals surface area contributed by atoms with E-state index in [0.29, 0.717) is 0 Å². The molecule has 0 aliphatic carbocycles. The lowest BCUT2D eigenvalue weighted by Gasteiger charge is -2.03. The Bertz CT molecular complexity index is 126. The van der Waals surface area contributed by atoms with Crippen molar-refractivity contribution in [3.8, 4) is 0 Å². The van der Waals surface area contributed by atoms with E-state index in [-0.39, 0.29) is 0 Å². The third kappa shape index (κ3) is 14.1. The first kappa shape index (κ1) is 15.1. The zero-order valence-corrected chi connectivity index (χ0v) is 11.2. The number of hydrogen-bond acceptors (Lipinski definition) is 1. The van der Waals surface area contributed by atoms with Crippen LogP contribution in [0.4, 0.5) is 0 Å². The van der Waals surface area contributed by atoms with Gasteiger partial charge in [-0.3, -0.25) is 0 Å². The second-order valence-electron chi connectivity index (χ2n) is 3.95. The number of rotatable bonds is 12. The molecule has 0 aromatic heterocycles. The summed E-state index contributed by atoms with van der Waals surface area (Å²) in [5.41, 5.74) is 0. The molecule has 0 aromatic carbocycles. The molecule has 0 saturated carbocycles. The lowest BCUT2D eigenvalue weighted by Crippen LogP contribution is -1.97. The third-order valence-electron chi connectivity index (χ3n) is 2.44. The first-order valence-electron chi connectivity index (χ1n) is 6.30. The highest BCUT2D eigenvalue weighted by Crippen LogP contribution is 2.04. The van der Waals surface area contributed by atoms with Crippen LogP contribution >= 0.6 is 9.24 Å². The van der Waals surface area contributed by atoms with Gasteiger partial charge in [-0.15, -0.1) is 15.8 Å². The Morgan fingerprint density at radius 2 is 1.47 bits per heavy atom. The fraction of sp³-hybridized carbons (Fsp3) is 0.846. The SMILES string of the molecule is C=CCCCCCCOCCCCCP. The fourth-order valence-electron chi connectivity index (χ4n) is 1.47. The van der Waals surface area contributed by atoms with Gasteiger partial charge in [0.25, 0.3) is 0 Å². The van der Waals surface area contributed by atoms with Crippen LogP contribution in [0, 0.1) is 0 Å². The number of allylic oxidation sites excluding steroid dienone is 1. The Hall–Kier alpha value is 0.130. The molecule has 90 valence electrons. The van der Waals surface area contributed by atoms with Crippen molar-refractivity contribution >= 4 is 9.24 Å². The molecule has 0 bridgehead atoms. The molecule has 1 nitrogen and oxygen atoms in total. The quantitative estimate of drug-likeness (QED) is 0.277. The summed E-state index contributed by atoms with van der Waals surface area (Å²) in [5.74, 6) is 0. The second-order valence-corrected chi connectivity index (χ2v) is 4.53. The van der Waals surface area contributed by atoms with Crippen molar-refractivity contribution in [1.29, 1.82) is 0 Å². The lowest BCUT2D eigenvalue weighted by molar-refractivity contribution is 0.126. The van der Waals surface area contributed by atoms with Crippen LogP contribution < -0.4 is 0 Å². The van der Waals surface area contributed by atoms with Gasteiger partial charge in [-0.05, 0) is 38.3 Å². The van der Waals surface area contributed by atoms with E-state index in [0.717, 1.165) is 19.6 Å². The molecule has 0 N–H and O–H groups in total. The highest BCUT2D eigenvalue weighted by molar-refractivity contribution is 7.16. The molecular weight excluding hydrogens is 203 g/mol. The fourth-order valence-corrected chi connectivity index (χ4v) is 1.76. The van der Waals surface area contributed by atoms with Gasteiger partial charge in [0.05, 0.1) is 0 Å². The minimum absolute atomic E-state index is 0.953. The predicted octanol–water partition coefficient (Wildman–Crippen LogP) is 4.18. The summed E-state index contributed by atoms with van der Waals surface area (Å²) in [7, 11) is 2.77. The van der Waals surface area contributed by atoms with Crippen LogP contribution in [0.5, 0.6) is 0 Å². The van der Waals surface area contributed by atoms with E-state index in [1.54, 1.807) is 0 Å². The summed E-state index contributed by atoms with van der Waals surface area (Å²) < 4.78 is 5.56. The third-order valence-corrected chi connectivity index (χ3v) is 2.85. The van der Waals surface area contributed by atoms with Crippen LogP contribution in [-0.4, -0.2) is 19.4 Å². The van der Waals surface area contributed by atoms with Crippen molar-refractivity contribution in [2.24, 2.45) is 0 Å². The second kappa shape index (κ2) is 14.1. The predicted molar refractivity (Wildman–Crippen MR) is 72.5 cm³/mol. The van der Waals surface area contributed by atoms with E-state index in [1.165, 1.54) is 51.1 Å². The Morgan fingerprint density at radius 3 is 2.07 bits per heavy atom. The molecular formula is C13H27OP.